The van der Waals surface area contributed by atoms with Crippen molar-refractivity contribution in [3.05, 3.63) is 35.9 Å². The van der Waals surface area contributed by atoms with Crippen LogP contribution in [0.2, 0.25) is 0 Å². The van der Waals surface area contributed by atoms with Crippen LogP contribution in [0.4, 0.5) is 0 Å². The van der Waals surface area contributed by atoms with Crippen molar-refractivity contribution < 1.29 is 14.3 Å². The Kier molecular flexibility index (Phi) is 7.05. The fourth-order valence-corrected chi connectivity index (χ4v) is 2.20. The van der Waals surface area contributed by atoms with Crippen molar-refractivity contribution in [2.24, 2.45) is 0 Å². The first-order chi connectivity index (χ1) is 10.3. The van der Waals surface area contributed by atoms with E-state index in [0.717, 1.165) is 19.6 Å². The molecule has 22 heavy (non-hydrogen) atoms. The summed E-state index contributed by atoms with van der Waals surface area (Å²) in [6.07, 6.45) is 0. The number of nitrogens with zero attached hydrogens (tertiary/aromatic N) is 1. The van der Waals surface area contributed by atoms with Gasteiger partial charge in [0.05, 0.1) is 6.04 Å². The molecule has 5 nitrogen and oxygen atoms in total. The summed E-state index contributed by atoms with van der Waals surface area (Å²) < 4.78 is 4.55. The van der Waals surface area contributed by atoms with E-state index in [1.165, 1.54) is 5.56 Å². The Hall–Kier alpha value is -1.88. The highest BCUT2D eigenvalue weighted by atomic mass is 16.5. The zero-order valence-corrected chi connectivity index (χ0v) is 13.8. The van der Waals surface area contributed by atoms with Gasteiger partial charge in [0.2, 0.25) is 5.91 Å². The highest BCUT2D eigenvalue weighted by Gasteiger charge is 2.24. The van der Waals surface area contributed by atoms with Gasteiger partial charge >= 0.3 is 0 Å². The topological polar surface area (TPSA) is 58.6 Å². The Labute approximate surface area is 132 Å². The number of nitrogens with one attached hydrogen (secondary N) is 1. The zero-order valence-electron chi connectivity index (χ0n) is 13.8. The van der Waals surface area contributed by atoms with Gasteiger partial charge in [-0.3, -0.25) is 9.59 Å². The lowest BCUT2D eigenvalue weighted by atomic mass is 10.0. The molecule has 5 heteroatoms. The monoisotopic (exact) mass is 306 g/mol. The molecule has 2 rings (SSSR count). The molecule has 0 bridgehead atoms. The van der Waals surface area contributed by atoms with Gasteiger partial charge in [0.15, 0.2) is 0 Å². The molecule has 0 aromatic heterocycles. The van der Waals surface area contributed by atoms with Crippen molar-refractivity contribution in [1.82, 2.24) is 10.2 Å². The maximum atomic E-state index is 11.5. The van der Waals surface area contributed by atoms with E-state index in [1.807, 2.05) is 43.9 Å². The van der Waals surface area contributed by atoms with Crippen LogP contribution >= 0.6 is 0 Å². The molecule has 1 fully saturated rings. The largest absolute Gasteiger partial charge is 0.462 e. The summed E-state index contributed by atoms with van der Waals surface area (Å²) >= 11 is 0. The van der Waals surface area contributed by atoms with Gasteiger partial charge in [0, 0.05) is 26.6 Å². The zero-order chi connectivity index (χ0) is 16.6. The first-order valence-corrected chi connectivity index (χ1v) is 7.49. The third-order valence-electron chi connectivity index (χ3n) is 3.23. The van der Waals surface area contributed by atoms with Crippen LogP contribution in [-0.4, -0.2) is 42.5 Å². The lowest BCUT2D eigenvalue weighted by Gasteiger charge is -2.35. The van der Waals surface area contributed by atoms with Crippen LogP contribution in [0.1, 0.15) is 39.3 Å². The molecule has 1 aliphatic heterocycles. The summed E-state index contributed by atoms with van der Waals surface area (Å²) in [6.45, 7) is 10.1. The number of carbonyl (C=O) groups excluding carboxylic acids is 2. The first kappa shape index (κ1) is 18.2. The molecule has 1 atom stereocenters. The lowest BCUT2D eigenvalue weighted by Crippen LogP contribution is -2.47. The summed E-state index contributed by atoms with van der Waals surface area (Å²) in [5.41, 5.74) is 0.891. The van der Waals surface area contributed by atoms with Crippen LogP contribution in [0.15, 0.2) is 30.3 Å². The highest BCUT2D eigenvalue weighted by molar-refractivity contribution is 5.74. The van der Waals surface area contributed by atoms with E-state index in [4.69, 9.17) is 0 Å². The molecule has 1 aliphatic rings. The maximum absolute atomic E-state index is 11.5. The second kappa shape index (κ2) is 8.54. The molecule has 1 N–H and O–H groups in total. The number of ether oxygens (including phenoxy) is 1. The number of benzene rings is 1. The van der Waals surface area contributed by atoms with Crippen LogP contribution in [0.5, 0.6) is 0 Å². The Balaban J connectivity index is 0.000000295. The van der Waals surface area contributed by atoms with E-state index in [-0.39, 0.29) is 17.6 Å². The highest BCUT2D eigenvalue weighted by Crippen LogP contribution is 2.21. The summed E-state index contributed by atoms with van der Waals surface area (Å²) in [6, 6.07) is 10.4. The number of carbonyl (C=O) groups is 2. The van der Waals surface area contributed by atoms with Crippen molar-refractivity contribution in [3.63, 3.8) is 0 Å². The summed E-state index contributed by atoms with van der Waals surface area (Å²) in [5, 5.41) is 3.32. The molecule has 0 aliphatic carbocycles. The molecule has 1 unspecified atom stereocenters. The number of amides is 1. The van der Waals surface area contributed by atoms with Gasteiger partial charge < -0.3 is 15.0 Å². The van der Waals surface area contributed by atoms with E-state index in [9.17, 15) is 9.59 Å². The first-order valence-electron chi connectivity index (χ1n) is 7.49. The Morgan fingerprint density at radius 1 is 1.32 bits per heavy atom. The van der Waals surface area contributed by atoms with Crippen molar-refractivity contribution >= 4 is 12.4 Å². The van der Waals surface area contributed by atoms with Crippen molar-refractivity contribution in [1.29, 1.82) is 0 Å². The van der Waals surface area contributed by atoms with Crippen molar-refractivity contribution in [2.45, 2.75) is 39.3 Å². The van der Waals surface area contributed by atoms with Gasteiger partial charge in [-0.15, -0.1) is 0 Å². The van der Waals surface area contributed by atoms with Gasteiger partial charge in [-0.25, -0.2) is 0 Å². The molecule has 1 aromatic carbocycles. The fraction of sp³-hybridized carbons (Fsp3) is 0.529. The van der Waals surface area contributed by atoms with Crippen molar-refractivity contribution in [2.75, 3.05) is 19.6 Å². The van der Waals surface area contributed by atoms with Crippen molar-refractivity contribution in [3.8, 4) is 0 Å². The molecule has 1 aromatic rings. The van der Waals surface area contributed by atoms with E-state index in [2.05, 4.69) is 22.2 Å². The third kappa shape index (κ3) is 6.26. The normalized spacial score (nSPS) is 18.0. The molecule has 1 saturated heterocycles. The van der Waals surface area contributed by atoms with Crippen LogP contribution in [0, 0.1) is 0 Å². The summed E-state index contributed by atoms with van der Waals surface area (Å²) in [5.74, 6) is 0.158. The number of piperazine rings is 1. The number of hydrogen-bond donors (Lipinski definition) is 1. The standard InChI is InChI=1S/C12H16N2O.C5H10O2/c1-10(15)14-8-7-13-9-12(14)11-5-3-2-4-6-11;1-5(2,3)7-4-6/h2-6,12-13H,7-9H2,1H3;4H,1-3H3. The van der Waals surface area contributed by atoms with Gasteiger partial charge in [-0.1, -0.05) is 30.3 Å². The van der Waals surface area contributed by atoms with E-state index >= 15 is 0 Å². The second-order valence-electron chi connectivity index (χ2n) is 6.17. The average Bonchev–Trinajstić information content (AvgIpc) is 2.47. The quantitative estimate of drug-likeness (QED) is 0.851. The molecular weight excluding hydrogens is 280 g/mol. The predicted molar refractivity (Wildman–Crippen MR) is 86.3 cm³/mol. The van der Waals surface area contributed by atoms with Gasteiger partial charge in [0.25, 0.3) is 6.47 Å². The van der Waals surface area contributed by atoms with Gasteiger partial charge in [-0.05, 0) is 26.3 Å². The van der Waals surface area contributed by atoms with Crippen LogP contribution in [0.25, 0.3) is 0 Å². The molecule has 0 saturated carbocycles. The molecular formula is C17H26N2O3. The van der Waals surface area contributed by atoms with Gasteiger partial charge in [-0.2, -0.15) is 0 Å². The van der Waals surface area contributed by atoms with Crippen LogP contribution in [-0.2, 0) is 14.3 Å². The Bertz CT molecular complexity index is 469. The summed E-state index contributed by atoms with van der Waals surface area (Å²) in [4.78, 5) is 23.0. The molecule has 1 heterocycles. The van der Waals surface area contributed by atoms with E-state index in [0.29, 0.717) is 6.47 Å². The number of rotatable bonds is 2. The minimum Gasteiger partial charge on any atom is -0.462 e. The minimum atomic E-state index is -0.318. The Morgan fingerprint density at radius 3 is 2.41 bits per heavy atom. The Morgan fingerprint density at radius 2 is 1.95 bits per heavy atom. The molecule has 0 radical (unpaired) electrons. The predicted octanol–water partition coefficient (Wildman–Crippen LogP) is 2.14. The van der Waals surface area contributed by atoms with Gasteiger partial charge in [0.1, 0.15) is 5.60 Å². The molecule has 1 amide bonds. The van der Waals surface area contributed by atoms with Crippen LogP contribution in [0.3, 0.4) is 0 Å². The molecule has 0 spiro atoms. The maximum Gasteiger partial charge on any atom is 0.293 e. The van der Waals surface area contributed by atoms with E-state index < -0.39 is 0 Å². The fourth-order valence-electron chi connectivity index (χ4n) is 2.20. The second-order valence-corrected chi connectivity index (χ2v) is 6.17. The summed E-state index contributed by atoms with van der Waals surface area (Å²) in [7, 11) is 0. The average molecular weight is 306 g/mol. The molecule has 122 valence electrons. The SMILES string of the molecule is CC(=O)N1CCNCC1c1ccccc1.CC(C)(C)OC=O. The smallest absolute Gasteiger partial charge is 0.293 e. The van der Waals surface area contributed by atoms with Crippen LogP contribution < -0.4 is 5.32 Å². The van der Waals surface area contributed by atoms with E-state index in [1.54, 1.807) is 6.92 Å². The number of hydrogen-bond acceptors (Lipinski definition) is 4. The minimum absolute atomic E-state index is 0.158. The lowest BCUT2D eigenvalue weighted by molar-refractivity contribution is -0.138. The third-order valence-corrected chi connectivity index (χ3v) is 3.23.